The highest BCUT2D eigenvalue weighted by Crippen LogP contribution is 2.33. The Bertz CT molecular complexity index is 517. The number of aromatic nitrogens is 1. The molecule has 1 aromatic heterocycles. The van der Waals surface area contributed by atoms with Gasteiger partial charge >= 0.3 is 0 Å². The van der Waals surface area contributed by atoms with Crippen LogP contribution in [0.1, 0.15) is 18.1 Å². The Kier molecular flexibility index (Phi) is 5.21. The van der Waals surface area contributed by atoms with Crippen LogP contribution in [0.25, 0.3) is 0 Å². The van der Waals surface area contributed by atoms with E-state index in [-0.39, 0.29) is 0 Å². The van der Waals surface area contributed by atoms with Gasteiger partial charge in [0, 0.05) is 23.3 Å². The fraction of sp³-hybridized carbons (Fsp3) is 0.267. The minimum atomic E-state index is 0.507. The lowest BCUT2D eigenvalue weighted by molar-refractivity contribution is 0.267. The van der Waals surface area contributed by atoms with Gasteiger partial charge in [-0.15, -0.1) is 0 Å². The van der Waals surface area contributed by atoms with E-state index in [1.165, 1.54) is 0 Å². The zero-order chi connectivity index (χ0) is 13.5. The number of halogens is 1. The maximum Gasteiger partial charge on any atom is 0.165 e. The summed E-state index contributed by atoms with van der Waals surface area (Å²) < 4.78 is 11.5. The van der Waals surface area contributed by atoms with E-state index < -0.39 is 0 Å². The molecule has 1 aromatic carbocycles. The van der Waals surface area contributed by atoms with Crippen LogP contribution in [0.3, 0.4) is 0 Å². The molecular weight excluding hydrogens is 306 g/mol. The molecule has 1 heterocycles. The average Bonchev–Trinajstić information content (AvgIpc) is 2.47. The van der Waals surface area contributed by atoms with Gasteiger partial charge in [-0.2, -0.15) is 0 Å². The van der Waals surface area contributed by atoms with E-state index in [0.717, 1.165) is 28.0 Å². The third-order valence-corrected chi connectivity index (χ3v) is 3.24. The first-order valence-corrected chi connectivity index (χ1v) is 7.29. The maximum atomic E-state index is 5.92. The van der Waals surface area contributed by atoms with Crippen molar-refractivity contribution < 1.29 is 9.47 Å². The molecule has 0 amide bonds. The van der Waals surface area contributed by atoms with Crippen molar-refractivity contribution in [3.63, 3.8) is 0 Å². The average molecular weight is 322 g/mol. The summed E-state index contributed by atoms with van der Waals surface area (Å²) in [5.41, 5.74) is 2.17. The van der Waals surface area contributed by atoms with E-state index >= 15 is 0 Å². The van der Waals surface area contributed by atoms with Gasteiger partial charge in [-0.25, -0.2) is 0 Å². The highest BCUT2D eigenvalue weighted by Gasteiger charge is 2.10. The number of hydrogen-bond donors (Lipinski definition) is 0. The predicted molar refractivity (Wildman–Crippen MR) is 78.8 cm³/mol. The molecule has 0 spiro atoms. The van der Waals surface area contributed by atoms with Crippen molar-refractivity contribution in [1.82, 2.24) is 4.98 Å². The zero-order valence-electron chi connectivity index (χ0n) is 10.8. The molecule has 0 unspecified atom stereocenters. The van der Waals surface area contributed by atoms with Crippen molar-refractivity contribution in [1.29, 1.82) is 0 Å². The lowest BCUT2D eigenvalue weighted by atomic mass is 10.2. The number of benzene rings is 1. The smallest absolute Gasteiger partial charge is 0.165 e. The molecule has 0 atom stereocenters. The van der Waals surface area contributed by atoms with Gasteiger partial charge in [0.15, 0.2) is 11.5 Å². The van der Waals surface area contributed by atoms with Gasteiger partial charge < -0.3 is 9.47 Å². The summed E-state index contributed by atoms with van der Waals surface area (Å²) in [6.45, 7) is 3.09. The summed E-state index contributed by atoms with van der Waals surface area (Å²) in [7, 11) is 0. The topological polar surface area (TPSA) is 31.4 Å². The Morgan fingerprint density at radius 3 is 2.58 bits per heavy atom. The Morgan fingerprint density at radius 1 is 1.11 bits per heavy atom. The van der Waals surface area contributed by atoms with Gasteiger partial charge in [0.2, 0.25) is 0 Å². The van der Waals surface area contributed by atoms with Gasteiger partial charge in [-0.3, -0.25) is 4.98 Å². The van der Waals surface area contributed by atoms with E-state index in [0.29, 0.717) is 13.2 Å². The lowest BCUT2D eigenvalue weighted by Crippen LogP contribution is -2.02. The molecule has 0 aliphatic carbocycles. The zero-order valence-corrected chi connectivity index (χ0v) is 12.4. The second kappa shape index (κ2) is 7.14. The molecule has 0 radical (unpaired) electrons. The summed E-state index contributed by atoms with van der Waals surface area (Å²) in [4.78, 5) is 3.99. The first-order valence-electron chi connectivity index (χ1n) is 6.17. The first-order chi connectivity index (χ1) is 9.35. The number of nitrogens with zero attached hydrogens (tertiary/aromatic N) is 1. The second-order valence-electron chi connectivity index (χ2n) is 3.96. The Hall–Kier alpha value is -1.55. The van der Waals surface area contributed by atoms with Gasteiger partial charge in [0.1, 0.15) is 6.61 Å². The number of hydrogen-bond acceptors (Lipinski definition) is 3. The molecule has 100 valence electrons. The Balaban J connectivity index is 2.17. The quantitative estimate of drug-likeness (QED) is 0.755. The Morgan fingerprint density at radius 2 is 1.89 bits per heavy atom. The van der Waals surface area contributed by atoms with Crippen LogP contribution in [0.2, 0.25) is 0 Å². The van der Waals surface area contributed by atoms with Crippen LogP contribution in [-0.4, -0.2) is 11.6 Å². The number of rotatable bonds is 6. The summed E-state index contributed by atoms with van der Waals surface area (Å²) in [6.07, 6.45) is 3.52. The SMILES string of the molecule is CCOc1cccc(CBr)c1OCc1ccncc1. The van der Waals surface area contributed by atoms with Crippen molar-refractivity contribution in [3.8, 4) is 11.5 Å². The number of alkyl halides is 1. The highest BCUT2D eigenvalue weighted by molar-refractivity contribution is 9.08. The van der Waals surface area contributed by atoms with Crippen molar-refractivity contribution >= 4 is 15.9 Å². The summed E-state index contributed by atoms with van der Waals surface area (Å²) in [5, 5.41) is 0.736. The summed E-state index contributed by atoms with van der Waals surface area (Å²) in [5.74, 6) is 1.59. The molecule has 0 aliphatic rings. The molecule has 2 aromatic rings. The molecule has 3 nitrogen and oxygen atoms in total. The van der Waals surface area contributed by atoms with Crippen LogP contribution < -0.4 is 9.47 Å². The van der Waals surface area contributed by atoms with E-state index in [9.17, 15) is 0 Å². The van der Waals surface area contributed by atoms with Gasteiger partial charge in [-0.05, 0) is 30.7 Å². The van der Waals surface area contributed by atoms with Crippen LogP contribution in [0.4, 0.5) is 0 Å². The van der Waals surface area contributed by atoms with E-state index in [2.05, 4.69) is 20.9 Å². The molecule has 19 heavy (non-hydrogen) atoms. The first kappa shape index (κ1) is 13.9. The van der Waals surface area contributed by atoms with Gasteiger partial charge in [0.25, 0.3) is 0 Å². The molecular formula is C15H16BrNO2. The molecule has 0 saturated carbocycles. The van der Waals surface area contributed by atoms with E-state index in [1.54, 1.807) is 12.4 Å². The van der Waals surface area contributed by atoms with Gasteiger partial charge in [0.05, 0.1) is 6.61 Å². The highest BCUT2D eigenvalue weighted by atomic mass is 79.9. The van der Waals surface area contributed by atoms with Crippen LogP contribution in [0.5, 0.6) is 11.5 Å². The van der Waals surface area contributed by atoms with Crippen LogP contribution >= 0.6 is 15.9 Å². The van der Waals surface area contributed by atoms with E-state index in [1.807, 2.05) is 37.3 Å². The third kappa shape index (κ3) is 3.70. The number of pyridine rings is 1. The minimum absolute atomic E-state index is 0.507. The molecule has 0 aliphatic heterocycles. The van der Waals surface area contributed by atoms with Crippen LogP contribution in [-0.2, 0) is 11.9 Å². The van der Waals surface area contributed by atoms with E-state index in [4.69, 9.17) is 9.47 Å². The largest absolute Gasteiger partial charge is 0.490 e. The Labute approximate surface area is 121 Å². The van der Waals surface area contributed by atoms with Gasteiger partial charge in [-0.1, -0.05) is 28.1 Å². The third-order valence-electron chi connectivity index (χ3n) is 2.64. The molecule has 0 bridgehead atoms. The van der Waals surface area contributed by atoms with Crippen LogP contribution in [0.15, 0.2) is 42.7 Å². The van der Waals surface area contributed by atoms with Crippen molar-refractivity contribution in [2.45, 2.75) is 18.9 Å². The fourth-order valence-corrected chi connectivity index (χ4v) is 2.18. The summed E-state index contributed by atoms with van der Waals surface area (Å²) >= 11 is 3.47. The maximum absolute atomic E-state index is 5.92. The minimum Gasteiger partial charge on any atom is -0.490 e. The molecule has 0 N–H and O–H groups in total. The molecule has 4 heteroatoms. The normalized spacial score (nSPS) is 10.2. The second-order valence-corrected chi connectivity index (χ2v) is 4.52. The molecule has 2 rings (SSSR count). The molecule has 0 fully saturated rings. The molecule has 0 saturated heterocycles. The number of para-hydroxylation sites is 1. The fourth-order valence-electron chi connectivity index (χ4n) is 1.73. The number of ether oxygens (including phenoxy) is 2. The van der Waals surface area contributed by atoms with Crippen molar-refractivity contribution in [3.05, 3.63) is 53.9 Å². The lowest BCUT2D eigenvalue weighted by Gasteiger charge is -2.15. The standard InChI is InChI=1S/C15H16BrNO2/c1-2-18-14-5-3-4-13(10-16)15(14)19-11-12-6-8-17-9-7-12/h3-9H,2,10-11H2,1H3. The summed E-state index contributed by atoms with van der Waals surface area (Å²) in [6, 6.07) is 9.81. The predicted octanol–water partition coefficient (Wildman–Crippen LogP) is 3.95. The monoisotopic (exact) mass is 321 g/mol. The van der Waals surface area contributed by atoms with Crippen molar-refractivity contribution in [2.24, 2.45) is 0 Å². The van der Waals surface area contributed by atoms with Crippen molar-refractivity contribution in [2.75, 3.05) is 6.61 Å². The van der Waals surface area contributed by atoms with Crippen LogP contribution in [0, 0.1) is 0 Å².